The molecule has 0 bridgehead atoms. The molecule has 0 radical (unpaired) electrons. The molecule has 7 nitrogen and oxygen atoms in total. The van der Waals surface area contributed by atoms with E-state index in [-0.39, 0.29) is 35.5 Å². The zero-order valence-corrected chi connectivity index (χ0v) is 21.1. The van der Waals surface area contributed by atoms with Gasteiger partial charge in [-0.2, -0.15) is 18.4 Å². The number of alkyl halides is 3. The van der Waals surface area contributed by atoms with E-state index in [1.807, 2.05) is 19.9 Å². The van der Waals surface area contributed by atoms with Crippen molar-refractivity contribution in [1.82, 2.24) is 0 Å². The fraction of sp³-hybridized carbons (Fsp3) is 0.423. The Kier molecular flexibility index (Phi) is 6.08. The van der Waals surface area contributed by atoms with E-state index in [2.05, 4.69) is 4.90 Å². The lowest BCUT2D eigenvalue weighted by atomic mass is 9.75. The maximum atomic E-state index is 13.8. The number of hydrogen-bond acceptors (Lipinski definition) is 6. The summed E-state index contributed by atoms with van der Waals surface area (Å²) >= 11 is 5.73. The van der Waals surface area contributed by atoms with Crippen molar-refractivity contribution in [3.8, 4) is 11.8 Å². The van der Waals surface area contributed by atoms with Crippen LogP contribution < -0.4 is 19.4 Å². The molecule has 0 unspecified atom stereocenters. The highest BCUT2D eigenvalue weighted by Crippen LogP contribution is 2.50. The highest BCUT2D eigenvalue weighted by atomic mass is 32.1. The molecule has 194 valence electrons. The normalized spacial score (nSPS) is 20.7. The quantitative estimate of drug-likeness (QED) is 0.579. The molecule has 2 aromatic rings. The van der Waals surface area contributed by atoms with Crippen LogP contribution in [-0.2, 0) is 11.0 Å². The van der Waals surface area contributed by atoms with Gasteiger partial charge in [0.1, 0.15) is 17.4 Å². The number of ether oxygens (including phenoxy) is 1. The monoisotopic (exact) mass is 530 g/mol. The number of thiocarbonyl (C=S) groups is 1. The minimum atomic E-state index is -4.76. The van der Waals surface area contributed by atoms with Crippen LogP contribution in [0.25, 0.3) is 0 Å². The molecular weight excluding hydrogens is 505 g/mol. The molecule has 1 amide bonds. The van der Waals surface area contributed by atoms with Crippen LogP contribution in [0.3, 0.4) is 0 Å². The Hall–Kier alpha value is -3.36. The van der Waals surface area contributed by atoms with Crippen molar-refractivity contribution in [2.24, 2.45) is 0 Å². The third-order valence-electron chi connectivity index (χ3n) is 7.31. The molecule has 1 N–H and O–H groups in total. The molecule has 37 heavy (non-hydrogen) atoms. The molecule has 2 aromatic carbocycles. The van der Waals surface area contributed by atoms with Gasteiger partial charge in [-0.15, -0.1) is 0 Å². The third-order valence-corrected chi connectivity index (χ3v) is 7.68. The minimum Gasteiger partial charge on any atom is -0.484 e. The second-order valence-electron chi connectivity index (χ2n) is 9.80. The SMILES string of the molecule is CC(C)N1C[C@@H](CO)Oc2ccc(N3C(=S)N(c4ccc(C#N)c(C(F)(F)F)c4)C(=O)C34CCC4)cc21. The number of hydrogen-bond donors (Lipinski definition) is 1. The summed E-state index contributed by atoms with van der Waals surface area (Å²) in [6.45, 7) is 4.41. The summed E-state index contributed by atoms with van der Waals surface area (Å²) in [5, 5.41) is 18.9. The zero-order valence-electron chi connectivity index (χ0n) is 20.2. The van der Waals surface area contributed by atoms with Crippen molar-refractivity contribution in [3.05, 3.63) is 47.5 Å². The lowest BCUT2D eigenvalue weighted by Crippen LogP contribution is -2.55. The van der Waals surface area contributed by atoms with Gasteiger partial charge < -0.3 is 19.6 Å². The highest BCUT2D eigenvalue weighted by molar-refractivity contribution is 7.81. The first-order valence-corrected chi connectivity index (χ1v) is 12.4. The second kappa shape index (κ2) is 8.89. The number of carbonyl (C=O) groups is 1. The molecule has 1 saturated carbocycles. The number of nitrogens with zero attached hydrogens (tertiary/aromatic N) is 4. The number of carbonyl (C=O) groups excluding carboxylic acids is 1. The molecule has 2 aliphatic heterocycles. The van der Waals surface area contributed by atoms with Gasteiger partial charge in [-0.1, -0.05) is 0 Å². The van der Waals surface area contributed by atoms with E-state index in [1.54, 1.807) is 23.1 Å². The van der Waals surface area contributed by atoms with Crippen LogP contribution in [0.15, 0.2) is 36.4 Å². The number of nitriles is 1. The van der Waals surface area contributed by atoms with Crippen molar-refractivity contribution in [1.29, 1.82) is 5.26 Å². The molecule has 1 saturated heterocycles. The van der Waals surface area contributed by atoms with Crippen LogP contribution in [0, 0.1) is 11.3 Å². The van der Waals surface area contributed by atoms with Crippen molar-refractivity contribution < 1.29 is 27.8 Å². The number of halogens is 3. The molecule has 0 aromatic heterocycles. The first kappa shape index (κ1) is 25.3. The second-order valence-corrected chi connectivity index (χ2v) is 10.2. The van der Waals surface area contributed by atoms with E-state index in [1.165, 1.54) is 6.07 Å². The van der Waals surface area contributed by atoms with Crippen molar-refractivity contribution in [2.75, 3.05) is 27.9 Å². The first-order chi connectivity index (χ1) is 17.5. The number of rotatable bonds is 4. The largest absolute Gasteiger partial charge is 0.484 e. The van der Waals surface area contributed by atoms with Gasteiger partial charge >= 0.3 is 6.18 Å². The number of amides is 1. The molecule has 2 fully saturated rings. The van der Waals surface area contributed by atoms with Gasteiger partial charge in [-0.05, 0) is 81.7 Å². The fourth-order valence-electron chi connectivity index (χ4n) is 5.30. The average molecular weight is 531 g/mol. The van der Waals surface area contributed by atoms with E-state index in [9.17, 15) is 23.1 Å². The molecule has 3 aliphatic rings. The molecular formula is C26H25F3N4O3S. The third kappa shape index (κ3) is 3.90. The van der Waals surface area contributed by atoms with E-state index >= 15 is 0 Å². The van der Waals surface area contributed by atoms with Gasteiger partial charge in [-0.25, -0.2) is 0 Å². The summed E-state index contributed by atoms with van der Waals surface area (Å²) in [4.78, 5) is 18.8. The number of anilines is 3. The van der Waals surface area contributed by atoms with Crippen LogP contribution >= 0.6 is 12.2 Å². The first-order valence-electron chi connectivity index (χ1n) is 12.0. The Morgan fingerprint density at radius 1 is 1.22 bits per heavy atom. The maximum Gasteiger partial charge on any atom is 0.417 e. The van der Waals surface area contributed by atoms with Gasteiger partial charge in [0.2, 0.25) is 0 Å². The van der Waals surface area contributed by atoms with Crippen LogP contribution in [0.2, 0.25) is 0 Å². The summed E-state index contributed by atoms with van der Waals surface area (Å²) in [5.74, 6) is 0.220. The van der Waals surface area contributed by atoms with Crippen molar-refractivity contribution in [3.63, 3.8) is 0 Å². The predicted octanol–water partition coefficient (Wildman–Crippen LogP) is 4.61. The standard InChI is InChI=1S/C26H25F3N4O3S/c1-15(2)31-13-19(14-34)36-22-7-6-18(11-21(22)31)33-24(37)32(23(35)25(33)8-3-9-25)17-5-4-16(12-30)20(10-17)26(27,28)29/h4-7,10-11,15,19,34H,3,8-9,13-14H2,1-2H3/t19-/m0/s1. The molecule has 2 heterocycles. The fourth-order valence-corrected chi connectivity index (χ4v) is 5.77. The van der Waals surface area contributed by atoms with Crippen LogP contribution in [0.1, 0.15) is 44.2 Å². The van der Waals surface area contributed by atoms with Gasteiger partial charge in [0, 0.05) is 11.7 Å². The predicted molar refractivity (Wildman–Crippen MR) is 136 cm³/mol. The van der Waals surface area contributed by atoms with Crippen LogP contribution in [0.5, 0.6) is 5.75 Å². The Morgan fingerprint density at radius 3 is 2.49 bits per heavy atom. The summed E-state index contributed by atoms with van der Waals surface area (Å²) in [5.41, 5.74) is -1.21. The average Bonchev–Trinajstić information content (AvgIpc) is 3.08. The summed E-state index contributed by atoms with van der Waals surface area (Å²) in [7, 11) is 0. The Morgan fingerprint density at radius 2 is 1.92 bits per heavy atom. The highest BCUT2D eigenvalue weighted by Gasteiger charge is 2.59. The number of benzene rings is 2. The Labute approximate surface area is 217 Å². The molecule has 1 aliphatic carbocycles. The smallest absolute Gasteiger partial charge is 0.417 e. The lowest BCUT2D eigenvalue weighted by Gasteiger charge is -2.44. The number of aliphatic hydroxyl groups excluding tert-OH is 1. The van der Waals surface area contributed by atoms with Crippen LogP contribution in [0.4, 0.5) is 30.2 Å². The lowest BCUT2D eigenvalue weighted by molar-refractivity contribution is -0.137. The van der Waals surface area contributed by atoms with E-state index in [0.29, 0.717) is 30.8 Å². The molecule has 11 heteroatoms. The van der Waals surface area contributed by atoms with E-state index < -0.39 is 22.8 Å². The van der Waals surface area contributed by atoms with Gasteiger partial charge in [0.15, 0.2) is 5.11 Å². The molecule has 1 spiro atoms. The number of aliphatic hydroxyl groups is 1. The number of fused-ring (bicyclic) bond motifs is 1. The summed E-state index contributed by atoms with van der Waals surface area (Å²) < 4.78 is 46.9. The summed E-state index contributed by atoms with van der Waals surface area (Å²) in [6, 6.07) is 10.3. The Bertz CT molecular complexity index is 1320. The molecule has 1 atom stereocenters. The molecule has 5 rings (SSSR count). The maximum absolute atomic E-state index is 13.8. The van der Waals surface area contributed by atoms with Crippen molar-refractivity contribution in [2.45, 2.75) is 57.0 Å². The Balaban J connectivity index is 1.58. The van der Waals surface area contributed by atoms with Gasteiger partial charge in [0.05, 0.1) is 41.7 Å². The van der Waals surface area contributed by atoms with Gasteiger partial charge in [-0.3, -0.25) is 9.69 Å². The summed E-state index contributed by atoms with van der Waals surface area (Å²) in [6.07, 6.45) is -3.32. The van der Waals surface area contributed by atoms with E-state index in [4.69, 9.17) is 22.2 Å². The topological polar surface area (TPSA) is 80.0 Å². The van der Waals surface area contributed by atoms with Crippen LogP contribution in [-0.4, -0.2) is 47.0 Å². The zero-order chi connectivity index (χ0) is 26.7. The minimum absolute atomic E-state index is 0.0222. The van der Waals surface area contributed by atoms with Crippen molar-refractivity contribution >= 4 is 40.3 Å². The van der Waals surface area contributed by atoms with E-state index in [0.717, 1.165) is 29.1 Å². The van der Waals surface area contributed by atoms with Gasteiger partial charge in [0.25, 0.3) is 5.91 Å².